The van der Waals surface area contributed by atoms with Crippen LogP contribution in [0.3, 0.4) is 0 Å². The fourth-order valence-electron chi connectivity index (χ4n) is 2.61. The van der Waals surface area contributed by atoms with Gasteiger partial charge >= 0.3 is 0 Å². The minimum Gasteiger partial charge on any atom is -0.346 e. The Kier molecular flexibility index (Phi) is 4.66. The van der Waals surface area contributed by atoms with Crippen molar-refractivity contribution in [3.05, 3.63) is 64.4 Å². The Morgan fingerprint density at radius 2 is 1.67 bits per heavy atom. The summed E-state index contributed by atoms with van der Waals surface area (Å²) in [5.41, 5.74) is 0.831. The molecule has 1 saturated carbocycles. The Balaban J connectivity index is 1.56. The van der Waals surface area contributed by atoms with Gasteiger partial charge in [-0.15, -0.1) is 0 Å². The molecule has 1 aliphatic carbocycles. The van der Waals surface area contributed by atoms with E-state index in [1.807, 2.05) is 12.1 Å². The van der Waals surface area contributed by atoms with Crippen LogP contribution < -0.4 is 10.6 Å². The zero-order valence-corrected chi connectivity index (χ0v) is 14.4. The summed E-state index contributed by atoms with van der Waals surface area (Å²) < 4.78 is 13.9. The van der Waals surface area contributed by atoms with Crippen LogP contribution in [0.2, 0.25) is 0 Å². The van der Waals surface area contributed by atoms with Crippen molar-refractivity contribution in [1.29, 1.82) is 0 Å². The average molecular weight is 391 g/mol. The lowest BCUT2D eigenvalue weighted by Crippen LogP contribution is -2.39. The molecule has 1 aliphatic rings. The van der Waals surface area contributed by atoms with E-state index in [0.717, 1.165) is 10.0 Å². The van der Waals surface area contributed by atoms with E-state index in [9.17, 15) is 14.0 Å². The van der Waals surface area contributed by atoms with E-state index in [2.05, 4.69) is 26.6 Å². The maximum Gasteiger partial charge on any atom is 0.243 e. The highest BCUT2D eigenvalue weighted by Crippen LogP contribution is 2.48. The van der Waals surface area contributed by atoms with Crippen molar-refractivity contribution in [2.24, 2.45) is 0 Å². The topological polar surface area (TPSA) is 58.2 Å². The predicted octanol–water partition coefficient (Wildman–Crippen LogP) is 3.37. The second-order valence-corrected chi connectivity index (χ2v) is 6.74. The average Bonchev–Trinajstić information content (AvgIpc) is 3.37. The van der Waals surface area contributed by atoms with Gasteiger partial charge in [-0.3, -0.25) is 9.59 Å². The number of hydrogen-bond acceptors (Lipinski definition) is 2. The van der Waals surface area contributed by atoms with Crippen molar-refractivity contribution in [2.75, 3.05) is 11.9 Å². The first-order chi connectivity index (χ1) is 11.5. The monoisotopic (exact) mass is 390 g/mol. The first-order valence-electron chi connectivity index (χ1n) is 7.59. The van der Waals surface area contributed by atoms with Gasteiger partial charge in [0, 0.05) is 10.2 Å². The van der Waals surface area contributed by atoms with Gasteiger partial charge < -0.3 is 10.6 Å². The first kappa shape index (κ1) is 16.6. The molecule has 0 aromatic heterocycles. The summed E-state index contributed by atoms with van der Waals surface area (Å²) in [7, 11) is 0. The number of nitrogens with one attached hydrogen (secondary N) is 2. The molecule has 0 aliphatic heterocycles. The molecule has 0 bridgehead atoms. The fourth-order valence-corrected chi connectivity index (χ4v) is 2.87. The van der Waals surface area contributed by atoms with Crippen molar-refractivity contribution >= 4 is 33.4 Å². The normalized spacial score (nSPS) is 14.8. The minimum absolute atomic E-state index is 0.0994. The molecule has 2 aromatic rings. The van der Waals surface area contributed by atoms with Gasteiger partial charge in [-0.05, 0) is 54.8 Å². The number of halogens is 2. The summed E-state index contributed by atoms with van der Waals surface area (Å²) in [6, 6.07) is 13.1. The molecule has 0 heterocycles. The summed E-state index contributed by atoms with van der Waals surface area (Å²) >= 11 is 3.32. The van der Waals surface area contributed by atoms with Crippen LogP contribution in [0.25, 0.3) is 0 Å². The van der Waals surface area contributed by atoms with Crippen molar-refractivity contribution in [3.8, 4) is 0 Å². The molecule has 2 N–H and O–H groups in total. The lowest BCUT2D eigenvalue weighted by atomic mass is 9.95. The number of anilines is 1. The van der Waals surface area contributed by atoms with Gasteiger partial charge in [-0.1, -0.05) is 28.1 Å². The maximum absolute atomic E-state index is 13.0. The quantitative estimate of drug-likeness (QED) is 0.821. The Bertz CT molecular complexity index is 756. The second kappa shape index (κ2) is 6.73. The van der Waals surface area contributed by atoms with Gasteiger partial charge in [0.2, 0.25) is 11.8 Å². The third-order valence-corrected chi connectivity index (χ3v) is 4.65. The molecular formula is C18H16BrFN2O2. The van der Waals surface area contributed by atoms with Gasteiger partial charge in [0.25, 0.3) is 0 Å². The zero-order chi connectivity index (χ0) is 17.2. The maximum atomic E-state index is 13.0. The number of hydrogen-bond donors (Lipinski definition) is 2. The molecule has 24 heavy (non-hydrogen) atoms. The molecule has 0 saturated heterocycles. The molecular weight excluding hydrogens is 375 g/mol. The van der Waals surface area contributed by atoms with Crippen LogP contribution in [0.1, 0.15) is 18.4 Å². The van der Waals surface area contributed by atoms with E-state index in [4.69, 9.17) is 0 Å². The van der Waals surface area contributed by atoms with Crippen molar-refractivity contribution in [1.82, 2.24) is 5.32 Å². The van der Waals surface area contributed by atoms with Crippen molar-refractivity contribution in [2.45, 2.75) is 18.3 Å². The Labute approximate surface area is 147 Å². The lowest BCUT2D eigenvalue weighted by molar-refractivity contribution is -0.126. The summed E-state index contributed by atoms with van der Waals surface area (Å²) in [6.07, 6.45) is 1.41. The van der Waals surface area contributed by atoms with Crippen LogP contribution in [-0.4, -0.2) is 18.4 Å². The largest absolute Gasteiger partial charge is 0.346 e. The van der Waals surface area contributed by atoms with E-state index in [0.29, 0.717) is 18.5 Å². The molecule has 6 heteroatoms. The van der Waals surface area contributed by atoms with Crippen LogP contribution in [0, 0.1) is 5.82 Å². The fraction of sp³-hybridized carbons (Fsp3) is 0.222. The number of carbonyl (C=O) groups is 2. The van der Waals surface area contributed by atoms with E-state index in [-0.39, 0.29) is 24.2 Å². The molecule has 0 atom stereocenters. The number of carbonyl (C=O) groups excluding carboxylic acids is 2. The van der Waals surface area contributed by atoms with E-state index < -0.39 is 5.41 Å². The van der Waals surface area contributed by atoms with E-state index >= 15 is 0 Å². The third kappa shape index (κ3) is 3.64. The van der Waals surface area contributed by atoms with Gasteiger partial charge in [0.1, 0.15) is 5.82 Å². The van der Waals surface area contributed by atoms with Crippen LogP contribution in [0.5, 0.6) is 0 Å². The highest BCUT2D eigenvalue weighted by Gasteiger charge is 2.51. The van der Waals surface area contributed by atoms with E-state index in [1.165, 1.54) is 12.1 Å². The molecule has 4 nitrogen and oxygen atoms in total. The Morgan fingerprint density at radius 1 is 1.04 bits per heavy atom. The molecule has 0 spiro atoms. The number of benzene rings is 2. The molecule has 0 radical (unpaired) electrons. The van der Waals surface area contributed by atoms with Crippen molar-refractivity contribution in [3.63, 3.8) is 0 Å². The lowest BCUT2D eigenvalue weighted by Gasteiger charge is -2.15. The molecule has 3 rings (SSSR count). The standard InChI is InChI=1S/C18H16BrFN2O2/c19-13-3-7-15(8-4-13)22-16(23)11-21-17(24)18(9-10-18)12-1-5-14(20)6-2-12/h1-8H,9-11H2,(H,21,24)(H,22,23). The van der Waals surface area contributed by atoms with Crippen LogP contribution >= 0.6 is 15.9 Å². The number of rotatable bonds is 5. The van der Waals surface area contributed by atoms with Gasteiger partial charge in [-0.25, -0.2) is 4.39 Å². The van der Waals surface area contributed by atoms with Gasteiger partial charge in [-0.2, -0.15) is 0 Å². The Morgan fingerprint density at radius 3 is 2.25 bits per heavy atom. The van der Waals surface area contributed by atoms with Crippen LogP contribution in [-0.2, 0) is 15.0 Å². The van der Waals surface area contributed by atoms with Gasteiger partial charge in [0.15, 0.2) is 0 Å². The Hall–Kier alpha value is -2.21. The molecule has 124 valence electrons. The molecule has 2 amide bonds. The van der Waals surface area contributed by atoms with Gasteiger partial charge in [0.05, 0.1) is 12.0 Å². The summed E-state index contributed by atoms with van der Waals surface area (Å²) in [5.74, 6) is -0.815. The zero-order valence-electron chi connectivity index (χ0n) is 12.8. The molecule has 0 unspecified atom stereocenters. The third-order valence-electron chi connectivity index (χ3n) is 4.12. The smallest absolute Gasteiger partial charge is 0.243 e. The summed E-state index contributed by atoms with van der Waals surface area (Å²) in [4.78, 5) is 24.4. The molecule has 1 fully saturated rings. The second-order valence-electron chi connectivity index (χ2n) is 5.83. The molecule has 2 aromatic carbocycles. The van der Waals surface area contributed by atoms with Crippen molar-refractivity contribution < 1.29 is 14.0 Å². The summed E-state index contributed by atoms with van der Waals surface area (Å²) in [6.45, 7) is -0.0994. The first-order valence-corrected chi connectivity index (χ1v) is 8.39. The SMILES string of the molecule is O=C(CNC(=O)C1(c2ccc(F)cc2)CC1)Nc1ccc(Br)cc1. The van der Waals surface area contributed by atoms with Crippen LogP contribution in [0.15, 0.2) is 53.0 Å². The van der Waals surface area contributed by atoms with E-state index in [1.54, 1.807) is 24.3 Å². The minimum atomic E-state index is -0.619. The van der Waals surface area contributed by atoms with Crippen LogP contribution in [0.4, 0.5) is 10.1 Å². The predicted molar refractivity (Wildman–Crippen MR) is 93.1 cm³/mol. The number of amides is 2. The summed E-state index contributed by atoms with van der Waals surface area (Å²) in [5, 5.41) is 5.40. The highest BCUT2D eigenvalue weighted by molar-refractivity contribution is 9.10. The highest BCUT2D eigenvalue weighted by atomic mass is 79.9.